The van der Waals surface area contributed by atoms with Gasteiger partial charge in [0, 0.05) is 12.1 Å². The lowest BCUT2D eigenvalue weighted by Gasteiger charge is -2.30. The quantitative estimate of drug-likeness (QED) is 0.809. The molecule has 0 N–H and O–H groups in total. The summed E-state index contributed by atoms with van der Waals surface area (Å²) in [6.07, 6.45) is 3.57. The molecular weight excluding hydrogens is 286 g/mol. The fourth-order valence-corrected chi connectivity index (χ4v) is 4.11. The summed E-state index contributed by atoms with van der Waals surface area (Å²) in [6.45, 7) is 5.04. The molecule has 0 amide bonds. The van der Waals surface area contributed by atoms with Gasteiger partial charge in [0.15, 0.2) is 0 Å². The molecule has 4 nitrogen and oxygen atoms in total. The van der Waals surface area contributed by atoms with Crippen LogP contribution in [0.1, 0.15) is 51.1 Å². The summed E-state index contributed by atoms with van der Waals surface area (Å²) in [7, 11) is -3.21. The maximum absolute atomic E-state index is 12.5. The molecule has 0 saturated heterocycles. The van der Waals surface area contributed by atoms with Crippen molar-refractivity contribution in [2.45, 2.75) is 45.6 Å². The van der Waals surface area contributed by atoms with Crippen molar-refractivity contribution >= 4 is 10.0 Å². The van der Waals surface area contributed by atoms with Gasteiger partial charge in [-0.25, -0.2) is 8.42 Å². The Morgan fingerprint density at radius 3 is 2.76 bits per heavy atom. The first-order chi connectivity index (χ1) is 10.1. The van der Waals surface area contributed by atoms with Gasteiger partial charge in [-0.05, 0) is 32.3 Å². The number of sulfonamides is 1. The molecule has 1 aromatic carbocycles. The predicted molar refractivity (Wildman–Crippen MR) is 85.0 cm³/mol. The van der Waals surface area contributed by atoms with E-state index in [0.29, 0.717) is 13.2 Å². The van der Waals surface area contributed by atoms with E-state index >= 15 is 0 Å². The molecule has 0 saturated carbocycles. The Hall–Kier alpha value is -1.07. The van der Waals surface area contributed by atoms with Gasteiger partial charge in [0.05, 0.1) is 18.4 Å². The van der Waals surface area contributed by atoms with Crippen molar-refractivity contribution in [3.63, 3.8) is 0 Å². The zero-order chi connectivity index (χ0) is 15.3. The molecule has 0 aromatic heterocycles. The Bertz CT molecular complexity index is 556. The van der Waals surface area contributed by atoms with Gasteiger partial charge in [-0.2, -0.15) is 4.31 Å². The van der Waals surface area contributed by atoms with E-state index in [9.17, 15) is 8.42 Å². The van der Waals surface area contributed by atoms with Gasteiger partial charge >= 0.3 is 0 Å². The molecule has 118 valence electrons. The van der Waals surface area contributed by atoms with E-state index in [0.717, 1.165) is 37.0 Å². The monoisotopic (exact) mass is 311 g/mol. The average molecular weight is 311 g/mol. The topological polar surface area (TPSA) is 46.6 Å². The second kappa shape index (κ2) is 7.27. The fourth-order valence-electron chi connectivity index (χ4n) is 2.77. The highest BCUT2D eigenvalue weighted by Crippen LogP contribution is 2.37. The van der Waals surface area contributed by atoms with Gasteiger partial charge < -0.3 is 4.74 Å². The van der Waals surface area contributed by atoms with Crippen LogP contribution in [0.5, 0.6) is 5.75 Å². The number of rotatable bonds is 6. The van der Waals surface area contributed by atoms with Crippen LogP contribution in [0.15, 0.2) is 24.3 Å². The molecule has 0 spiro atoms. The first kappa shape index (κ1) is 16.3. The summed E-state index contributed by atoms with van der Waals surface area (Å²) in [4.78, 5) is 0. The Kier molecular flexibility index (Phi) is 5.65. The zero-order valence-electron chi connectivity index (χ0n) is 12.9. The molecule has 0 radical (unpaired) electrons. The van der Waals surface area contributed by atoms with Crippen LogP contribution in [0.25, 0.3) is 0 Å². The van der Waals surface area contributed by atoms with Crippen molar-refractivity contribution in [3.8, 4) is 5.75 Å². The molecule has 0 bridgehead atoms. The highest BCUT2D eigenvalue weighted by atomic mass is 32.2. The molecule has 1 aromatic rings. The molecule has 1 heterocycles. The SMILES string of the molecule is CCCCN(C1CCCOc2ccccc21)S(=O)(=O)CC. The lowest BCUT2D eigenvalue weighted by Crippen LogP contribution is -2.36. The second-order valence-corrected chi connectivity index (χ2v) is 7.62. The average Bonchev–Trinajstić information content (AvgIpc) is 2.70. The van der Waals surface area contributed by atoms with Crippen LogP contribution in [-0.4, -0.2) is 31.6 Å². The maximum atomic E-state index is 12.5. The van der Waals surface area contributed by atoms with Crippen molar-refractivity contribution in [2.75, 3.05) is 18.9 Å². The van der Waals surface area contributed by atoms with Crippen LogP contribution in [0, 0.1) is 0 Å². The summed E-state index contributed by atoms with van der Waals surface area (Å²) in [5.41, 5.74) is 1.00. The zero-order valence-corrected chi connectivity index (χ0v) is 13.7. The van der Waals surface area contributed by atoms with E-state index in [1.54, 1.807) is 11.2 Å². The van der Waals surface area contributed by atoms with E-state index in [4.69, 9.17) is 4.74 Å². The number of ether oxygens (including phenoxy) is 1. The van der Waals surface area contributed by atoms with Gasteiger partial charge in [-0.15, -0.1) is 0 Å². The van der Waals surface area contributed by atoms with E-state index < -0.39 is 10.0 Å². The molecule has 2 rings (SSSR count). The molecule has 0 aliphatic carbocycles. The van der Waals surface area contributed by atoms with Crippen molar-refractivity contribution in [1.82, 2.24) is 4.31 Å². The fraction of sp³-hybridized carbons (Fsp3) is 0.625. The van der Waals surface area contributed by atoms with Gasteiger partial charge in [-0.3, -0.25) is 0 Å². The molecule has 5 heteroatoms. The second-order valence-electron chi connectivity index (χ2n) is 5.41. The van der Waals surface area contributed by atoms with Crippen molar-refractivity contribution in [2.24, 2.45) is 0 Å². The van der Waals surface area contributed by atoms with E-state index in [-0.39, 0.29) is 11.8 Å². The van der Waals surface area contributed by atoms with E-state index in [1.807, 2.05) is 24.3 Å². The molecule has 1 aliphatic heterocycles. The first-order valence-electron chi connectivity index (χ1n) is 7.81. The number of hydrogen-bond donors (Lipinski definition) is 0. The largest absolute Gasteiger partial charge is 0.493 e. The number of nitrogens with zero attached hydrogens (tertiary/aromatic N) is 1. The maximum Gasteiger partial charge on any atom is 0.214 e. The van der Waals surface area contributed by atoms with Gasteiger partial charge in [0.2, 0.25) is 10.0 Å². The van der Waals surface area contributed by atoms with Gasteiger partial charge in [0.1, 0.15) is 5.75 Å². The summed E-state index contributed by atoms with van der Waals surface area (Å²) in [6, 6.07) is 7.73. The normalized spacial score (nSPS) is 18.9. The van der Waals surface area contributed by atoms with Crippen LogP contribution < -0.4 is 4.74 Å². The van der Waals surface area contributed by atoms with E-state index in [2.05, 4.69) is 6.92 Å². The third-order valence-corrected chi connectivity index (χ3v) is 5.84. The molecular formula is C16H25NO3S. The van der Waals surface area contributed by atoms with Gasteiger partial charge in [0.25, 0.3) is 0 Å². The molecule has 21 heavy (non-hydrogen) atoms. The number of hydrogen-bond acceptors (Lipinski definition) is 3. The summed E-state index contributed by atoms with van der Waals surface area (Å²) in [5.74, 6) is 0.976. The Morgan fingerprint density at radius 2 is 2.05 bits per heavy atom. The predicted octanol–water partition coefficient (Wildman–Crippen LogP) is 3.35. The smallest absolute Gasteiger partial charge is 0.214 e. The molecule has 1 aliphatic rings. The minimum Gasteiger partial charge on any atom is -0.493 e. The lowest BCUT2D eigenvalue weighted by molar-refractivity contribution is 0.292. The van der Waals surface area contributed by atoms with Crippen LogP contribution in [0.4, 0.5) is 0 Å². The van der Waals surface area contributed by atoms with Crippen molar-refractivity contribution in [1.29, 1.82) is 0 Å². The van der Waals surface area contributed by atoms with Crippen LogP contribution in [0.2, 0.25) is 0 Å². The number of para-hydroxylation sites is 1. The van der Waals surface area contributed by atoms with Crippen LogP contribution in [0.3, 0.4) is 0 Å². The Morgan fingerprint density at radius 1 is 1.29 bits per heavy atom. The minimum atomic E-state index is -3.21. The van der Waals surface area contributed by atoms with Crippen molar-refractivity contribution in [3.05, 3.63) is 29.8 Å². The minimum absolute atomic E-state index is 0.0970. The Labute approximate surface area is 128 Å². The highest BCUT2D eigenvalue weighted by Gasteiger charge is 2.32. The molecule has 0 fully saturated rings. The lowest BCUT2D eigenvalue weighted by atomic mass is 10.0. The molecule has 1 unspecified atom stereocenters. The summed E-state index contributed by atoms with van der Waals surface area (Å²) < 4.78 is 32.5. The number of fused-ring (bicyclic) bond motifs is 1. The highest BCUT2D eigenvalue weighted by molar-refractivity contribution is 7.89. The summed E-state index contributed by atoms with van der Waals surface area (Å²) in [5, 5.41) is 0. The third-order valence-electron chi connectivity index (χ3n) is 3.96. The molecule has 1 atom stereocenters. The Balaban J connectivity index is 2.39. The standard InChI is InChI=1S/C16H25NO3S/c1-3-5-12-17(21(18,19)4-2)15-10-8-13-20-16-11-7-6-9-14(15)16/h6-7,9,11,15H,3-5,8,10,12-13H2,1-2H3. The van der Waals surface area contributed by atoms with Crippen LogP contribution >= 0.6 is 0 Å². The number of benzene rings is 1. The van der Waals surface area contributed by atoms with E-state index in [1.165, 1.54) is 0 Å². The van der Waals surface area contributed by atoms with Gasteiger partial charge in [-0.1, -0.05) is 31.5 Å². The number of unbranched alkanes of at least 4 members (excludes halogenated alkanes) is 1. The third kappa shape index (κ3) is 3.77. The van der Waals surface area contributed by atoms with Crippen molar-refractivity contribution < 1.29 is 13.2 Å². The van der Waals surface area contributed by atoms with Crippen LogP contribution in [-0.2, 0) is 10.0 Å². The summed E-state index contributed by atoms with van der Waals surface area (Å²) >= 11 is 0. The first-order valence-corrected chi connectivity index (χ1v) is 9.42.